The van der Waals surface area contributed by atoms with Crippen molar-refractivity contribution >= 4 is 23.4 Å². The summed E-state index contributed by atoms with van der Waals surface area (Å²) >= 11 is 7.72. The Bertz CT molecular complexity index is 333. The number of thioether (sulfide) groups is 1. The van der Waals surface area contributed by atoms with Gasteiger partial charge in [0.1, 0.15) is 5.75 Å². The zero-order valence-corrected chi connectivity index (χ0v) is 11.2. The van der Waals surface area contributed by atoms with Gasteiger partial charge in [-0.25, -0.2) is 0 Å². The minimum absolute atomic E-state index is 0.300. The van der Waals surface area contributed by atoms with E-state index in [0.29, 0.717) is 23.2 Å². The molecule has 0 bridgehead atoms. The molecule has 0 spiro atoms. The fourth-order valence-corrected chi connectivity index (χ4v) is 2.37. The molecule has 90 valence electrons. The summed E-state index contributed by atoms with van der Waals surface area (Å²) in [5, 5.41) is 13.6. The van der Waals surface area contributed by atoms with Gasteiger partial charge < -0.3 is 10.4 Å². The summed E-state index contributed by atoms with van der Waals surface area (Å²) in [5.74, 6) is 2.08. The maximum atomic E-state index is 9.60. The Hall–Kier alpha value is -0.380. The highest BCUT2D eigenvalue weighted by Crippen LogP contribution is 2.21. The molecule has 1 rings (SSSR count). The molecule has 1 unspecified atom stereocenters. The minimum Gasteiger partial charge on any atom is -0.508 e. The standard InChI is InChI=1S/C12H18ClNOS/c1-9(8-16-2)6-14-7-10-5-11(13)3-4-12(10)15/h3-5,9,14-15H,6-8H2,1-2H3. The van der Waals surface area contributed by atoms with Gasteiger partial charge in [0.15, 0.2) is 0 Å². The molecule has 0 fully saturated rings. The van der Waals surface area contributed by atoms with Gasteiger partial charge in [-0.2, -0.15) is 11.8 Å². The fourth-order valence-electron chi connectivity index (χ4n) is 1.49. The van der Waals surface area contributed by atoms with Gasteiger partial charge in [0.2, 0.25) is 0 Å². The first kappa shape index (κ1) is 13.7. The second-order valence-corrected chi connectivity index (χ2v) is 5.31. The molecule has 4 heteroatoms. The van der Waals surface area contributed by atoms with Crippen LogP contribution in [0, 0.1) is 5.92 Å². The van der Waals surface area contributed by atoms with E-state index < -0.39 is 0 Å². The molecule has 0 aromatic heterocycles. The molecule has 0 aliphatic heterocycles. The Kier molecular flexibility index (Phi) is 6.03. The van der Waals surface area contributed by atoms with Gasteiger partial charge in [-0.15, -0.1) is 0 Å². The normalized spacial score (nSPS) is 12.7. The topological polar surface area (TPSA) is 32.3 Å². The van der Waals surface area contributed by atoms with Crippen molar-refractivity contribution in [1.29, 1.82) is 0 Å². The van der Waals surface area contributed by atoms with Gasteiger partial charge in [0.25, 0.3) is 0 Å². The van der Waals surface area contributed by atoms with Gasteiger partial charge in [0, 0.05) is 17.1 Å². The van der Waals surface area contributed by atoms with Crippen molar-refractivity contribution in [2.24, 2.45) is 5.92 Å². The molecule has 0 saturated heterocycles. The van der Waals surface area contributed by atoms with Crippen molar-refractivity contribution in [3.05, 3.63) is 28.8 Å². The molecule has 16 heavy (non-hydrogen) atoms. The maximum absolute atomic E-state index is 9.60. The first-order chi connectivity index (χ1) is 7.63. The van der Waals surface area contributed by atoms with E-state index >= 15 is 0 Å². The second-order valence-electron chi connectivity index (χ2n) is 3.96. The average Bonchev–Trinajstić information content (AvgIpc) is 2.23. The summed E-state index contributed by atoms with van der Waals surface area (Å²) in [6.07, 6.45) is 2.11. The third-order valence-electron chi connectivity index (χ3n) is 2.30. The highest BCUT2D eigenvalue weighted by molar-refractivity contribution is 7.98. The molecule has 1 aromatic carbocycles. The van der Waals surface area contributed by atoms with E-state index in [9.17, 15) is 5.11 Å². The van der Waals surface area contributed by atoms with Crippen LogP contribution >= 0.6 is 23.4 Å². The van der Waals surface area contributed by atoms with Crippen molar-refractivity contribution in [3.63, 3.8) is 0 Å². The molecule has 1 aromatic rings. The van der Waals surface area contributed by atoms with Gasteiger partial charge >= 0.3 is 0 Å². The summed E-state index contributed by atoms with van der Waals surface area (Å²) in [5.41, 5.74) is 0.851. The summed E-state index contributed by atoms with van der Waals surface area (Å²) < 4.78 is 0. The minimum atomic E-state index is 0.300. The predicted octanol–water partition coefficient (Wildman–Crippen LogP) is 3.13. The highest BCUT2D eigenvalue weighted by Gasteiger charge is 2.04. The Labute approximate surface area is 106 Å². The Morgan fingerprint density at radius 3 is 2.94 bits per heavy atom. The smallest absolute Gasteiger partial charge is 0.120 e. The first-order valence-electron chi connectivity index (χ1n) is 5.30. The molecule has 0 heterocycles. The molecule has 1 atom stereocenters. The predicted molar refractivity (Wildman–Crippen MR) is 72.4 cm³/mol. The monoisotopic (exact) mass is 259 g/mol. The van der Waals surface area contributed by atoms with Crippen LogP contribution in [0.1, 0.15) is 12.5 Å². The second kappa shape index (κ2) is 7.05. The number of phenolic OH excluding ortho intramolecular Hbond substituents is 1. The molecule has 2 N–H and O–H groups in total. The lowest BCUT2D eigenvalue weighted by Gasteiger charge is -2.12. The van der Waals surface area contributed by atoms with E-state index in [1.165, 1.54) is 0 Å². The number of rotatable bonds is 6. The Morgan fingerprint density at radius 2 is 2.25 bits per heavy atom. The number of nitrogens with one attached hydrogen (secondary N) is 1. The van der Waals surface area contributed by atoms with Crippen molar-refractivity contribution in [3.8, 4) is 5.75 Å². The van der Waals surface area contributed by atoms with Gasteiger partial charge in [-0.3, -0.25) is 0 Å². The molecular formula is C12H18ClNOS. The third-order valence-corrected chi connectivity index (χ3v) is 3.44. The van der Waals surface area contributed by atoms with Crippen LogP contribution in [0.2, 0.25) is 5.02 Å². The lowest BCUT2D eigenvalue weighted by Crippen LogP contribution is -2.22. The Balaban J connectivity index is 2.39. The number of aromatic hydroxyl groups is 1. The molecule has 0 radical (unpaired) electrons. The van der Waals surface area contributed by atoms with Crippen molar-refractivity contribution in [2.75, 3.05) is 18.6 Å². The van der Waals surface area contributed by atoms with Gasteiger partial charge in [-0.1, -0.05) is 18.5 Å². The van der Waals surface area contributed by atoms with Crippen molar-refractivity contribution in [1.82, 2.24) is 5.32 Å². The number of halogens is 1. The third kappa shape index (κ3) is 4.64. The van der Waals surface area contributed by atoms with Crippen LogP contribution in [-0.2, 0) is 6.54 Å². The summed E-state index contributed by atoms with van der Waals surface area (Å²) in [7, 11) is 0. The van der Waals surface area contributed by atoms with Crippen molar-refractivity contribution < 1.29 is 5.11 Å². The van der Waals surface area contributed by atoms with E-state index in [4.69, 9.17) is 11.6 Å². The van der Waals surface area contributed by atoms with E-state index in [-0.39, 0.29) is 0 Å². The fraction of sp³-hybridized carbons (Fsp3) is 0.500. The molecular weight excluding hydrogens is 242 g/mol. The van der Waals surface area contributed by atoms with Crippen LogP contribution < -0.4 is 5.32 Å². The average molecular weight is 260 g/mol. The molecule has 2 nitrogen and oxygen atoms in total. The maximum Gasteiger partial charge on any atom is 0.120 e. The number of hydrogen-bond acceptors (Lipinski definition) is 3. The summed E-state index contributed by atoms with van der Waals surface area (Å²) in [6, 6.07) is 5.12. The first-order valence-corrected chi connectivity index (χ1v) is 7.07. The molecule has 0 amide bonds. The lowest BCUT2D eigenvalue weighted by molar-refractivity contribution is 0.461. The van der Waals surface area contributed by atoms with Crippen molar-refractivity contribution in [2.45, 2.75) is 13.5 Å². The van der Waals surface area contributed by atoms with Crippen LogP contribution in [0.15, 0.2) is 18.2 Å². The quantitative estimate of drug-likeness (QED) is 0.823. The number of hydrogen-bond donors (Lipinski definition) is 2. The summed E-state index contributed by atoms with van der Waals surface area (Å²) in [4.78, 5) is 0. The van der Waals surface area contributed by atoms with Gasteiger partial charge in [-0.05, 0) is 42.7 Å². The van der Waals surface area contributed by atoms with Crippen LogP contribution in [0.25, 0.3) is 0 Å². The molecule has 0 saturated carbocycles. The largest absolute Gasteiger partial charge is 0.508 e. The number of phenols is 1. The lowest BCUT2D eigenvalue weighted by atomic mass is 10.2. The zero-order valence-electron chi connectivity index (χ0n) is 9.66. The Morgan fingerprint density at radius 1 is 1.50 bits per heavy atom. The molecule has 0 aliphatic rings. The van der Waals surface area contributed by atoms with E-state index in [0.717, 1.165) is 17.9 Å². The number of benzene rings is 1. The van der Waals surface area contributed by atoms with E-state index in [2.05, 4.69) is 18.5 Å². The van der Waals surface area contributed by atoms with Crippen LogP contribution in [0.3, 0.4) is 0 Å². The summed E-state index contributed by atoms with van der Waals surface area (Å²) in [6.45, 7) is 3.82. The van der Waals surface area contributed by atoms with Crippen LogP contribution in [-0.4, -0.2) is 23.7 Å². The van der Waals surface area contributed by atoms with Crippen LogP contribution in [0.4, 0.5) is 0 Å². The highest BCUT2D eigenvalue weighted by atomic mass is 35.5. The van der Waals surface area contributed by atoms with Gasteiger partial charge in [0.05, 0.1) is 0 Å². The van der Waals surface area contributed by atoms with Crippen LogP contribution in [0.5, 0.6) is 5.75 Å². The SMILES string of the molecule is CSCC(C)CNCc1cc(Cl)ccc1O. The van der Waals surface area contributed by atoms with E-state index in [1.54, 1.807) is 18.2 Å². The molecule has 0 aliphatic carbocycles. The van der Waals surface area contributed by atoms with E-state index in [1.807, 2.05) is 11.8 Å². The zero-order chi connectivity index (χ0) is 12.0.